The van der Waals surface area contributed by atoms with Crippen LogP contribution in [0.3, 0.4) is 0 Å². The molecular weight excluding hydrogens is 568 g/mol. The number of rotatable bonds is 8. The first-order valence-corrected chi connectivity index (χ1v) is 15.1. The predicted molar refractivity (Wildman–Crippen MR) is 163 cm³/mol. The number of nitrogens with zero attached hydrogens (tertiary/aromatic N) is 9. The largest absolute Gasteiger partial charge is 0.368 e. The quantitative estimate of drug-likeness (QED) is 0.347. The van der Waals surface area contributed by atoms with Crippen LogP contribution in [0.1, 0.15) is 50.7 Å². The highest BCUT2D eigenvalue weighted by Crippen LogP contribution is 2.38. The van der Waals surface area contributed by atoms with Gasteiger partial charge in [-0.25, -0.2) is 0 Å². The average molecular weight is 603 g/mol. The van der Waals surface area contributed by atoms with Crippen LogP contribution in [-0.2, 0) is 4.79 Å². The highest BCUT2D eigenvalue weighted by atomic mass is 35.5. The number of primary amides is 1. The van der Waals surface area contributed by atoms with Crippen molar-refractivity contribution in [3.8, 4) is 12.1 Å². The van der Waals surface area contributed by atoms with Crippen molar-refractivity contribution in [2.75, 3.05) is 48.3 Å². The highest BCUT2D eigenvalue weighted by Gasteiger charge is 2.33. The predicted octanol–water partition coefficient (Wildman–Crippen LogP) is 2.69. The third kappa shape index (κ3) is 5.89. The lowest BCUT2D eigenvalue weighted by atomic mass is 9.99. The van der Waals surface area contributed by atoms with Crippen molar-refractivity contribution in [2.24, 2.45) is 5.73 Å². The first-order chi connectivity index (χ1) is 20.7. The molecule has 0 bridgehead atoms. The zero-order valence-corrected chi connectivity index (χ0v) is 25.0. The van der Waals surface area contributed by atoms with Crippen LogP contribution in [0.5, 0.6) is 0 Å². The second kappa shape index (κ2) is 11.8. The Balaban J connectivity index is 1.21. The van der Waals surface area contributed by atoms with Crippen molar-refractivity contribution in [1.29, 1.82) is 10.5 Å². The summed E-state index contributed by atoms with van der Waals surface area (Å²) in [6, 6.07) is 8.59. The molecule has 0 radical (unpaired) electrons. The van der Waals surface area contributed by atoms with E-state index in [1.54, 1.807) is 6.07 Å². The lowest BCUT2D eigenvalue weighted by Gasteiger charge is -2.47. The van der Waals surface area contributed by atoms with E-state index >= 15 is 0 Å². The molecule has 1 aromatic carbocycles. The van der Waals surface area contributed by atoms with Crippen LogP contribution in [0, 0.1) is 22.7 Å². The Morgan fingerprint density at radius 2 is 1.88 bits per heavy atom. The van der Waals surface area contributed by atoms with Crippen molar-refractivity contribution in [1.82, 2.24) is 29.4 Å². The van der Waals surface area contributed by atoms with Crippen LogP contribution in [0.15, 0.2) is 18.3 Å². The highest BCUT2D eigenvalue weighted by molar-refractivity contribution is 6.36. The Bertz CT molecular complexity index is 1610. The summed E-state index contributed by atoms with van der Waals surface area (Å²) in [6.45, 7) is 8.25. The topological polar surface area (TPSA) is 168 Å². The van der Waals surface area contributed by atoms with Gasteiger partial charge in [0.15, 0.2) is 5.65 Å². The standard InChI is InChI=1S/C29H35ClN12O/c1-17-16-40(22-5-7-39(8-6-22)18(2)26(33)43)9-10-41(17)24-12-19(13-31)11-23(25(24)30)36-28-37-27-20(14-32)15-34-42(27)29(38-28)35-21-3-4-21/h11-12,15,17-18,21-22H,3-10,16H2,1-2H3,(H2,33,43)(H2,35,36,37,38)/t17-,18-/m0/s1. The Morgan fingerprint density at radius 1 is 1.12 bits per heavy atom. The third-order valence-electron chi connectivity index (χ3n) is 8.77. The van der Waals surface area contributed by atoms with E-state index in [4.69, 9.17) is 17.3 Å². The number of nitrogens with two attached hydrogens (primary N) is 1. The first kappa shape index (κ1) is 28.9. The smallest absolute Gasteiger partial charge is 0.234 e. The zero-order valence-electron chi connectivity index (χ0n) is 24.3. The molecule has 4 heterocycles. The Labute approximate surface area is 255 Å². The fraction of sp³-hybridized carbons (Fsp3) is 0.517. The number of hydrogen-bond donors (Lipinski definition) is 3. The fourth-order valence-corrected chi connectivity index (χ4v) is 6.37. The summed E-state index contributed by atoms with van der Waals surface area (Å²) in [5.74, 6) is 0.469. The van der Waals surface area contributed by atoms with Gasteiger partial charge in [0.25, 0.3) is 0 Å². The number of carbonyl (C=O) groups is 1. The van der Waals surface area contributed by atoms with Gasteiger partial charge >= 0.3 is 0 Å². The number of amides is 1. The summed E-state index contributed by atoms with van der Waals surface area (Å²) >= 11 is 7.02. The molecule has 13 nitrogen and oxygen atoms in total. The molecule has 2 aromatic heterocycles. The van der Waals surface area contributed by atoms with E-state index < -0.39 is 0 Å². The third-order valence-corrected chi connectivity index (χ3v) is 9.17. The molecule has 1 saturated carbocycles. The zero-order chi connectivity index (χ0) is 30.2. The molecule has 6 rings (SSSR count). The van der Waals surface area contributed by atoms with E-state index in [0.717, 1.165) is 64.1 Å². The Morgan fingerprint density at radius 3 is 2.53 bits per heavy atom. The molecule has 3 aromatic rings. The number of carbonyl (C=O) groups excluding carboxylic acids is 1. The van der Waals surface area contributed by atoms with E-state index in [-0.39, 0.29) is 23.9 Å². The fourth-order valence-electron chi connectivity index (χ4n) is 6.10. The maximum Gasteiger partial charge on any atom is 0.234 e. The van der Waals surface area contributed by atoms with Gasteiger partial charge in [0.1, 0.15) is 11.6 Å². The molecule has 0 spiro atoms. The molecule has 1 aliphatic carbocycles. The van der Waals surface area contributed by atoms with Gasteiger partial charge in [-0.2, -0.15) is 30.1 Å². The number of likely N-dealkylation sites (tertiary alicyclic amines) is 1. The summed E-state index contributed by atoms with van der Waals surface area (Å²) in [4.78, 5) is 27.8. The first-order valence-electron chi connectivity index (χ1n) is 14.7. The van der Waals surface area contributed by atoms with Gasteiger partial charge in [0.2, 0.25) is 17.8 Å². The average Bonchev–Trinajstić information content (AvgIpc) is 3.73. The van der Waals surface area contributed by atoms with Gasteiger partial charge in [0, 0.05) is 50.8 Å². The number of halogens is 1. The Kier molecular flexibility index (Phi) is 7.97. The number of fused-ring (bicyclic) bond motifs is 1. The van der Waals surface area contributed by atoms with Gasteiger partial charge in [0.05, 0.1) is 40.3 Å². The van der Waals surface area contributed by atoms with E-state index in [9.17, 15) is 15.3 Å². The number of nitrogens with one attached hydrogen (secondary N) is 2. The summed E-state index contributed by atoms with van der Waals surface area (Å²) in [6.07, 6.45) is 5.54. The number of hydrogen-bond acceptors (Lipinski definition) is 11. The summed E-state index contributed by atoms with van der Waals surface area (Å²) in [7, 11) is 0. The minimum absolute atomic E-state index is 0.155. The van der Waals surface area contributed by atoms with E-state index in [1.807, 2.05) is 13.0 Å². The van der Waals surface area contributed by atoms with Crippen LogP contribution in [0.2, 0.25) is 5.02 Å². The van der Waals surface area contributed by atoms with Crippen LogP contribution in [-0.4, -0.2) is 92.2 Å². The van der Waals surface area contributed by atoms with Gasteiger partial charge in [-0.1, -0.05) is 11.6 Å². The van der Waals surface area contributed by atoms with Crippen LogP contribution < -0.4 is 21.3 Å². The van der Waals surface area contributed by atoms with E-state index in [0.29, 0.717) is 45.5 Å². The molecule has 4 N–H and O–H groups in total. The lowest BCUT2D eigenvalue weighted by molar-refractivity contribution is -0.123. The van der Waals surface area contributed by atoms with Crippen molar-refractivity contribution < 1.29 is 4.79 Å². The van der Waals surface area contributed by atoms with Crippen molar-refractivity contribution in [3.05, 3.63) is 34.5 Å². The maximum atomic E-state index is 11.6. The molecule has 2 saturated heterocycles. The SMILES string of the molecule is C[C@@H](C(N)=O)N1CCC(N2CCN(c3cc(C#N)cc(Nc4nc(NC5CC5)n5ncc(C#N)c5n4)c3Cl)[C@@H](C)C2)CC1. The number of piperidine rings is 1. The molecule has 0 unspecified atom stereocenters. The summed E-state index contributed by atoms with van der Waals surface area (Å²) in [5, 5.41) is 30.8. The molecule has 3 fully saturated rings. The van der Waals surface area contributed by atoms with Crippen LogP contribution in [0.25, 0.3) is 5.65 Å². The van der Waals surface area contributed by atoms with Gasteiger partial charge < -0.3 is 21.3 Å². The van der Waals surface area contributed by atoms with Crippen LogP contribution in [0.4, 0.5) is 23.3 Å². The van der Waals surface area contributed by atoms with Gasteiger partial charge in [-0.3, -0.25) is 14.6 Å². The number of aromatic nitrogens is 4. The molecule has 224 valence electrons. The van der Waals surface area contributed by atoms with E-state index in [2.05, 4.69) is 59.5 Å². The van der Waals surface area contributed by atoms with Gasteiger partial charge in [-0.05, 0) is 51.7 Å². The van der Waals surface area contributed by atoms with Crippen molar-refractivity contribution >= 4 is 46.4 Å². The number of benzene rings is 1. The number of piperazine rings is 1. The minimum atomic E-state index is -0.276. The van der Waals surface area contributed by atoms with Crippen molar-refractivity contribution in [3.63, 3.8) is 0 Å². The maximum absolute atomic E-state index is 11.6. The number of anilines is 4. The molecule has 14 heteroatoms. The second-order valence-electron chi connectivity index (χ2n) is 11.7. The van der Waals surface area contributed by atoms with E-state index in [1.165, 1.54) is 10.7 Å². The molecule has 43 heavy (non-hydrogen) atoms. The Hall–Kier alpha value is -4.17. The molecule has 2 aliphatic heterocycles. The molecule has 3 aliphatic rings. The van der Waals surface area contributed by atoms with Crippen molar-refractivity contribution in [2.45, 2.75) is 63.7 Å². The molecule has 2 atom stereocenters. The minimum Gasteiger partial charge on any atom is -0.368 e. The normalized spacial score (nSPS) is 20.9. The lowest BCUT2D eigenvalue weighted by Crippen LogP contribution is -2.58. The second-order valence-corrected chi connectivity index (χ2v) is 12.0. The monoisotopic (exact) mass is 602 g/mol. The molecule has 1 amide bonds. The van der Waals surface area contributed by atoms with Gasteiger partial charge in [-0.15, -0.1) is 0 Å². The summed E-state index contributed by atoms with van der Waals surface area (Å²) < 4.78 is 1.53. The summed E-state index contributed by atoms with van der Waals surface area (Å²) in [5.41, 5.74) is 8.00. The number of nitriles is 2. The molecular formula is C29H35ClN12O. The van der Waals surface area contributed by atoms with Crippen LogP contribution >= 0.6 is 11.6 Å².